The molecule has 0 saturated carbocycles. The summed E-state index contributed by atoms with van der Waals surface area (Å²) in [4.78, 5) is -0.296. The zero-order chi connectivity index (χ0) is 14.1. The van der Waals surface area contributed by atoms with Gasteiger partial charge in [-0.3, -0.25) is 0 Å². The van der Waals surface area contributed by atoms with Gasteiger partial charge < -0.3 is 0 Å². The van der Waals surface area contributed by atoms with Gasteiger partial charge in [-0.25, -0.2) is 12.8 Å². The second kappa shape index (κ2) is 4.91. The van der Waals surface area contributed by atoms with Gasteiger partial charge in [0.05, 0.1) is 11.5 Å². The van der Waals surface area contributed by atoms with E-state index in [0.29, 0.717) is 12.8 Å². The minimum atomic E-state index is -3.80. The average molecular weight is 282 g/mol. The van der Waals surface area contributed by atoms with Crippen molar-refractivity contribution in [2.75, 3.05) is 13.1 Å². The molecule has 1 aliphatic heterocycles. The van der Waals surface area contributed by atoms with Gasteiger partial charge in [0, 0.05) is 13.1 Å². The van der Waals surface area contributed by atoms with Gasteiger partial charge in [0.15, 0.2) is 0 Å². The van der Waals surface area contributed by atoms with Crippen molar-refractivity contribution < 1.29 is 12.8 Å². The van der Waals surface area contributed by atoms with Gasteiger partial charge >= 0.3 is 0 Å². The second-order valence-corrected chi connectivity index (χ2v) is 6.91. The number of rotatable bonds is 2. The molecule has 1 aromatic rings. The van der Waals surface area contributed by atoms with E-state index in [0.717, 1.165) is 6.07 Å². The van der Waals surface area contributed by atoms with Gasteiger partial charge in [-0.15, -0.1) is 0 Å². The number of nitrogens with zero attached hydrogens (tertiary/aromatic N) is 2. The SMILES string of the molecule is CC1(C#N)CCN(S(=O)(=O)c2ccccc2F)CC1. The van der Waals surface area contributed by atoms with Gasteiger partial charge in [-0.05, 0) is 31.9 Å². The number of benzene rings is 1. The molecule has 19 heavy (non-hydrogen) atoms. The maximum Gasteiger partial charge on any atom is 0.245 e. The zero-order valence-electron chi connectivity index (χ0n) is 10.6. The summed E-state index contributed by atoms with van der Waals surface area (Å²) < 4.78 is 39.5. The topological polar surface area (TPSA) is 61.2 Å². The molecule has 4 nitrogen and oxygen atoms in total. The molecule has 0 amide bonds. The second-order valence-electron chi connectivity index (χ2n) is 5.01. The number of halogens is 1. The van der Waals surface area contributed by atoms with Crippen molar-refractivity contribution in [2.45, 2.75) is 24.7 Å². The molecule has 2 rings (SSSR count). The fraction of sp³-hybridized carbons (Fsp3) is 0.462. The first-order valence-electron chi connectivity index (χ1n) is 6.05. The third-order valence-electron chi connectivity index (χ3n) is 3.55. The molecule has 1 saturated heterocycles. The first-order valence-corrected chi connectivity index (χ1v) is 7.49. The Bertz CT molecular complexity index is 614. The third-order valence-corrected chi connectivity index (χ3v) is 5.48. The lowest BCUT2D eigenvalue weighted by Gasteiger charge is -2.34. The van der Waals surface area contributed by atoms with E-state index in [4.69, 9.17) is 5.26 Å². The van der Waals surface area contributed by atoms with Crippen molar-refractivity contribution in [2.24, 2.45) is 5.41 Å². The Morgan fingerprint density at radius 3 is 2.42 bits per heavy atom. The highest BCUT2D eigenvalue weighted by atomic mass is 32.2. The van der Waals surface area contributed by atoms with E-state index in [1.54, 1.807) is 0 Å². The van der Waals surface area contributed by atoms with Crippen LogP contribution in [0.25, 0.3) is 0 Å². The fourth-order valence-electron chi connectivity index (χ4n) is 2.12. The van der Waals surface area contributed by atoms with Crippen LogP contribution in [0.5, 0.6) is 0 Å². The zero-order valence-corrected chi connectivity index (χ0v) is 11.5. The highest BCUT2D eigenvalue weighted by Crippen LogP contribution is 2.32. The minimum absolute atomic E-state index is 0.251. The van der Waals surface area contributed by atoms with Gasteiger partial charge in [-0.2, -0.15) is 9.57 Å². The van der Waals surface area contributed by atoms with Crippen molar-refractivity contribution in [3.8, 4) is 6.07 Å². The molecule has 1 aromatic carbocycles. The normalized spacial score (nSPS) is 19.8. The van der Waals surface area contributed by atoms with Crippen LogP contribution in [-0.4, -0.2) is 25.8 Å². The van der Waals surface area contributed by atoms with Crippen molar-refractivity contribution in [3.63, 3.8) is 0 Å². The number of nitriles is 1. The quantitative estimate of drug-likeness (QED) is 0.835. The van der Waals surface area contributed by atoms with Crippen LogP contribution in [0.1, 0.15) is 19.8 Å². The summed E-state index contributed by atoms with van der Waals surface area (Å²) in [5, 5.41) is 9.02. The summed E-state index contributed by atoms with van der Waals surface area (Å²) in [5.41, 5.74) is -0.485. The minimum Gasteiger partial charge on any atom is -0.207 e. The van der Waals surface area contributed by atoms with Gasteiger partial charge in [0.2, 0.25) is 10.0 Å². The summed E-state index contributed by atoms with van der Waals surface area (Å²) in [6, 6.07) is 7.56. The highest BCUT2D eigenvalue weighted by molar-refractivity contribution is 7.89. The van der Waals surface area contributed by atoms with Gasteiger partial charge in [0.25, 0.3) is 0 Å². The summed E-state index contributed by atoms with van der Waals surface area (Å²) >= 11 is 0. The molecule has 0 atom stereocenters. The highest BCUT2D eigenvalue weighted by Gasteiger charge is 2.36. The Morgan fingerprint density at radius 2 is 1.89 bits per heavy atom. The van der Waals surface area contributed by atoms with Crippen molar-refractivity contribution in [1.82, 2.24) is 4.31 Å². The molecular formula is C13H15FN2O2S. The molecule has 1 aliphatic rings. The van der Waals surface area contributed by atoms with Crippen molar-refractivity contribution in [3.05, 3.63) is 30.1 Å². The Hall–Kier alpha value is -1.45. The molecule has 1 heterocycles. The Labute approximate surface area is 112 Å². The van der Waals surface area contributed by atoms with Crippen LogP contribution < -0.4 is 0 Å². The molecule has 6 heteroatoms. The summed E-state index contributed by atoms with van der Waals surface area (Å²) in [6.45, 7) is 2.32. The lowest BCUT2D eigenvalue weighted by Crippen LogP contribution is -2.41. The predicted octanol–water partition coefficient (Wildman–Crippen LogP) is 2.14. The molecule has 0 spiro atoms. The maximum atomic E-state index is 13.6. The van der Waals surface area contributed by atoms with E-state index in [2.05, 4.69) is 6.07 Å². The molecule has 0 aromatic heterocycles. The maximum absolute atomic E-state index is 13.6. The molecule has 0 bridgehead atoms. The lowest BCUT2D eigenvalue weighted by molar-refractivity contribution is 0.231. The molecule has 0 radical (unpaired) electrons. The standard InChI is InChI=1S/C13H15FN2O2S/c1-13(10-15)6-8-16(9-7-13)19(17,18)12-5-3-2-4-11(12)14/h2-5H,6-9H2,1H3. The van der Waals surface area contributed by atoms with E-state index in [1.807, 2.05) is 6.92 Å². The largest absolute Gasteiger partial charge is 0.245 e. The Morgan fingerprint density at radius 1 is 1.32 bits per heavy atom. The first kappa shape index (κ1) is 14.0. The monoisotopic (exact) mass is 282 g/mol. The van der Waals surface area contributed by atoms with E-state index in [-0.39, 0.29) is 18.0 Å². The molecule has 0 unspecified atom stereocenters. The van der Waals surface area contributed by atoms with E-state index >= 15 is 0 Å². The molecule has 102 valence electrons. The lowest BCUT2D eigenvalue weighted by atomic mass is 9.83. The van der Waals surface area contributed by atoms with E-state index < -0.39 is 21.3 Å². The average Bonchev–Trinajstić information content (AvgIpc) is 2.39. The van der Waals surface area contributed by atoms with Crippen molar-refractivity contribution >= 4 is 10.0 Å². The molecule has 0 aliphatic carbocycles. The van der Waals surface area contributed by atoms with E-state index in [1.165, 1.54) is 22.5 Å². The molecular weight excluding hydrogens is 267 g/mol. The van der Waals surface area contributed by atoms with Crippen molar-refractivity contribution in [1.29, 1.82) is 5.26 Å². The van der Waals surface area contributed by atoms with Gasteiger partial charge in [0.1, 0.15) is 10.7 Å². The Balaban J connectivity index is 2.25. The summed E-state index contributed by atoms with van der Waals surface area (Å²) in [5.74, 6) is -0.740. The van der Waals surface area contributed by atoms with Gasteiger partial charge in [-0.1, -0.05) is 12.1 Å². The smallest absolute Gasteiger partial charge is 0.207 e. The fourth-order valence-corrected chi connectivity index (χ4v) is 3.63. The van der Waals surface area contributed by atoms with Crippen LogP contribution in [0.3, 0.4) is 0 Å². The van der Waals surface area contributed by atoms with E-state index in [9.17, 15) is 12.8 Å². The van der Waals surface area contributed by atoms with Crippen LogP contribution in [0.15, 0.2) is 29.2 Å². The number of sulfonamides is 1. The van der Waals surface area contributed by atoms with Crippen LogP contribution in [-0.2, 0) is 10.0 Å². The van der Waals surface area contributed by atoms with Crippen LogP contribution in [0.4, 0.5) is 4.39 Å². The van der Waals surface area contributed by atoms with Crippen LogP contribution >= 0.6 is 0 Å². The first-order chi connectivity index (χ1) is 8.89. The third kappa shape index (κ3) is 2.62. The molecule has 0 N–H and O–H groups in total. The Kier molecular flexibility index (Phi) is 3.61. The van der Waals surface area contributed by atoms with Crippen LogP contribution in [0.2, 0.25) is 0 Å². The van der Waals surface area contributed by atoms with Crippen LogP contribution in [0, 0.1) is 22.6 Å². The summed E-state index contributed by atoms with van der Waals surface area (Å²) in [6.07, 6.45) is 0.939. The number of hydrogen-bond donors (Lipinski definition) is 0. The number of piperidine rings is 1. The summed E-state index contributed by atoms with van der Waals surface area (Å²) in [7, 11) is -3.80. The number of hydrogen-bond acceptors (Lipinski definition) is 3. The molecule has 1 fully saturated rings. The predicted molar refractivity (Wildman–Crippen MR) is 68.1 cm³/mol.